The summed E-state index contributed by atoms with van der Waals surface area (Å²) in [4.78, 5) is 0. The highest BCUT2D eigenvalue weighted by molar-refractivity contribution is 9.10. The average Bonchev–Trinajstić information content (AvgIpc) is 2.26. The van der Waals surface area contributed by atoms with Crippen molar-refractivity contribution in [3.63, 3.8) is 0 Å². The van der Waals surface area contributed by atoms with Gasteiger partial charge in [-0.3, -0.25) is 0 Å². The summed E-state index contributed by atoms with van der Waals surface area (Å²) in [5.41, 5.74) is 7.66. The van der Waals surface area contributed by atoms with Gasteiger partial charge in [0.1, 0.15) is 5.84 Å². The summed E-state index contributed by atoms with van der Waals surface area (Å²) in [5, 5.41) is 8.76. The molecular weight excluding hydrogens is 289 g/mol. The highest BCUT2D eigenvalue weighted by Gasteiger charge is 2.17. The van der Waals surface area contributed by atoms with E-state index in [1.807, 2.05) is 25.1 Å². The lowest BCUT2D eigenvalue weighted by Gasteiger charge is -2.16. The predicted molar refractivity (Wildman–Crippen MR) is 71.1 cm³/mol. The third-order valence-corrected chi connectivity index (χ3v) is 3.76. The summed E-state index contributed by atoms with van der Waals surface area (Å²) < 4.78 is 0.865. The largest absolute Gasteiger partial charge is 0.385 e. The number of hydrogen-bond acceptors (Lipinski definition) is 3. The van der Waals surface area contributed by atoms with Gasteiger partial charge in [-0.05, 0) is 33.6 Å². The smallest absolute Gasteiger partial charge is 0.125 e. The molecule has 1 heterocycles. The van der Waals surface area contributed by atoms with Gasteiger partial charge in [-0.25, -0.2) is 0 Å². The van der Waals surface area contributed by atoms with Crippen molar-refractivity contribution in [2.75, 3.05) is 0 Å². The summed E-state index contributed by atoms with van der Waals surface area (Å²) in [5.74, 6) is 0.832. The van der Waals surface area contributed by atoms with Gasteiger partial charge in [0.15, 0.2) is 0 Å². The number of halogens is 2. The van der Waals surface area contributed by atoms with Gasteiger partial charge in [0.25, 0.3) is 0 Å². The first-order chi connectivity index (χ1) is 7.58. The molecule has 0 saturated carbocycles. The van der Waals surface area contributed by atoms with Gasteiger partial charge >= 0.3 is 0 Å². The van der Waals surface area contributed by atoms with Crippen LogP contribution in [0.25, 0.3) is 0 Å². The third kappa shape index (κ3) is 2.28. The van der Waals surface area contributed by atoms with E-state index in [-0.39, 0.29) is 5.92 Å². The molecule has 2 N–H and O–H groups in total. The van der Waals surface area contributed by atoms with E-state index in [1.54, 1.807) is 0 Å². The standard InChI is InChI=1S/C11H11BrClN3/c1-6-4-10(15-16-11(6)14)7-2-3-9(13)8(12)5-7/h2-3,5-6H,4H2,1H3,(H2,14,16). The Balaban J connectivity index is 2.35. The van der Waals surface area contributed by atoms with E-state index < -0.39 is 0 Å². The number of amidine groups is 1. The first-order valence-corrected chi connectivity index (χ1v) is 6.10. The van der Waals surface area contributed by atoms with Crippen LogP contribution < -0.4 is 5.73 Å². The first-order valence-electron chi connectivity index (χ1n) is 4.93. The van der Waals surface area contributed by atoms with E-state index in [2.05, 4.69) is 26.1 Å². The van der Waals surface area contributed by atoms with Crippen LogP contribution in [-0.4, -0.2) is 11.5 Å². The predicted octanol–water partition coefficient (Wildman–Crippen LogP) is 3.20. The fourth-order valence-electron chi connectivity index (χ4n) is 1.50. The Morgan fingerprint density at radius 3 is 2.81 bits per heavy atom. The van der Waals surface area contributed by atoms with Crippen molar-refractivity contribution >= 4 is 39.1 Å². The van der Waals surface area contributed by atoms with Crippen molar-refractivity contribution in [1.82, 2.24) is 0 Å². The highest BCUT2D eigenvalue weighted by atomic mass is 79.9. The monoisotopic (exact) mass is 299 g/mol. The van der Waals surface area contributed by atoms with E-state index in [0.29, 0.717) is 10.9 Å². The second kappa shape index (κ2) is 4.55. The summed E-state index contributed by atoms with van der Waals surface area (Å²) >= 11 is 9.33. The molecule has 1 atom stereocenters. The Morgan fingerprint density at radius 1 is 1.44 bits per heavy atom. The minimum absolute atomic E-state index is 0.238. The van der Waals surface area contributed by atoms with Gasteiger partial charge in [0, 0.05) is 16.8 Å². The Morgan fingerprint density at radius 2 is 2.19 bits per heavy atom. The Kier molecular flexibility index (Phi) is 3.30. The molecule has 1 unspecified atom stereocenters. The molecule has 0 amide bonds. The van der Waals surface area contributed by atoms with Gasteiger partial charge in [0.2, 0.25) is 0 Å². The zero-order chi connectivity index (χ0) is 11.7. The Labute approximate surface area is 108 Å². The van der Waals surface area contributed by atoms with Gasteiger partial charge in [-0.2, -0.15) is 5.10 Å². The lowest BCUT2D eigenvalue weighted by Crippen LogP contribution is -2.26. The molecule has 1 aliphatic heterocycles. The van der Waals surface area contributed by atoms with E-state index in [4.69, 9.17) is 17.3 Å². The van der Waals surface area contributed by atoms with Crippen LogP contribution in [0.4, 0.5) is 0 Å². The fourth-order valence-corrected chi connectivity index (χ4v) is 2.00. The quantitative estimate of drug-likeness (QED) is 0.850. The van der Waals surface area contributed by atoms with Crippen LogP contribution >= 0.6 is 27.5 Å². The van der Waals surface area contributed by atoms with E-state index in [1.165, 1.54) is 0 Å². The molecule has 0 bridgehead atoms. The zero-order valence-electron chi connectivity index (χ0n) is 8.74. The molecule has 1 aromatic rings. The van der Waals surface area contributed by atoms with E-state index in [0.717, 1.165) is 22.2 Å². The summed E-state index contributed by atoms with van der Waals surface area (Å²) in [6.07, 6.45) is 0.809. The van der Waals surface area contributed by atoms with Crippen molar-refractivity contribution in [3.8, 4) is 0 Å². The third-order valence-electron chi connectivity index (χ3n) is 2.54. The molecule has 0 aromatic heterocycles. The van der Waals surface area contributed by atoms with Crippen molar-refractivity contribution in [2.24, 2.45) is 21.9 Å². The lowest BCUT2D eigenvalue weighted by atomic mass is 9.97. The summed E-state index contributed by atoms with van der Waals surface area (Å²) in [6.45, 7) is 2.04. The highest BCUT2D eigenvalue weighted by Crippen LogP contribution is 2.25. The Hall–Kier alpha value is -0.870. The van der Waals surface area contributed by atoms with E-state index in [9.17, 15) is 0 Å². The topological polar surface area (TPSA) is 50.7 Å². The van der Waals surface area contributed by atoms with Crippen molar-refractivity contribution < 1.29 is 0 Å². The normalized spacial score (nSPS) is 20.3. The molecule has 5 heteroatoms. The fraction of sp³-hybridized carbons (Fsp3) is 0.273. The number of benzene rings is 1. The number of nitrogens with zero attached hydrogens (tertiary/aromatic N) is 2. The van der Waals surface area contributed by atoms with Crippen LogP contribution in [0, 0.1) is 5.92 Å². The molecule has 0 saturated heterocycles. The molecule has 0 radical (unpaired) electrons. The maximum Gasteiger partial charge on any atom is 0.125 e. The minimum Gasteiger partial charge on any atom is -0.385 e. The van der Waals surface area contributed by atoms with E-state index >= 15 is 0 Å². The molecule has 0 aliphatic carbocycles. The van der Waals surface area contributed by atoms with Crippen LogP contribution in [0.2, 0.25) is 5.02 Å². The molecule has 0 spiro atoms. The molecule has 16 heavy (non-hydrogen) atoms. The van der Waals surface area contributed by atoms with Gasteiger partial charge in [-0.1, -0.05) is 24.6 Å². The van der Waals surface area contributed by atoms with Crippen molar-refractivity contribution in [1.29, 1.82) is 0 Å². The van der Waals surface area contributed by atoms with Crippen LogP contribution in [0.1, 0.15) is 18.9 Å². The van der Waals surface area contributed by atoms with Crippen molar-refractivity contribution in [2.45, 2.75) is 13.3 Å². The SMILES string of the molecule is CC1CC(c2ccc(Cl)c(Br)c2)=NN=C1N. The molecule has 1 aromatic carbocycles. The first kappa shape index (κ1) is 11.6. The summed E-state index contributed by atoms with van der Waals surface area (Å²) in [6, 6.07) is 5.73. The maximum atomic E-state index is 5.94. The molecule has 1 aliphatic rings. The van der Waals surface area contributed by atoms with Crippen molar-refractivity contribution in [3.05, 3.63) is 33.3 Å². The van der Waals surface area contributed by atoms with Gasteiger partial charge < -0.3 is 5.73 Å². The average molecular weight is 301 g/mol. The molecule has 3 nitrogen and oxygen atoms in total. The molecular formula is C11H11BrClN3. The molecule has 84 valence electrons. The number of hydrogen-bond donors (Lipinski definition) is 1. The zero-order valence-corrected chi connectivity index (χ0v) is 11.1. The molecule has 0 fully saturated rings. The lowest BCUT2D eigenvalue weighted by molar-refractivity contribution is 0.779. The summed E-state index contributed by atoms with van der Waals surface area (Å²) in [7, 11) is 0. The van der Waals surface area contributed by atoms with Gasteiger partial charge in [-0.15, -0.1) is 5.10 Å². The maximum absolute atomic E-state index is 5.94. The van der Waals surface area contributed by atoms with Crippen LogP contribution in [0.3, 0.4) is 0 Å². The number of nitrogens with two attached hydrogens (primary N) is 1. The van der Waals surface area contributed by atoms with Crippen LogP contribution in [-0.2, 0) is 0 Å². The molecule has 2 rings (SSSR count). The number of rotatable bonds is 1. The second-order valence-electron chi connectivity index (χ2n) is 3.81. The minimum atomic E-state index is 0.238. The van der Waals surface area contributed by atoms with Gasteiger partial charge in [0.05, 0.1) is 10.7 Å². The Bertz CT molecular complexity index is 482. The van der Waals surface area contributed by atoms with Crippen LogP contribution in [0.15, 0.2) is 32.9 Å². The second-order valence-corrected chi connectivity index (χ2v) is 5.07. The van der Waals surface area contributed by atoms with Crippen LogP contribution in [0.5, 0.6) is 0 Å².